The lowest BCUT2D eigenvalue weighted by Gasteiger charge is -2.13. The van der Waals surface area contributed by atoms with Crippen LogP contribution in [0.3, 0.4) is 0 Å². The van der Waals surface area contributed by atoms with Crippen molar-refractivity contribution in [1.82, 2.24) is 10.0 Å². The Morgan fingerprint density at radius 3 is 2.83 bits per heavy atom. The zero-order chi connectivity index (χ0) is 13.2. The molecule has 100 valence electrons. The molecule has 0 saturated carbocycles. The summed E-state index contributed by atoms with van der Waals surface area (Å²) in [6.07, 6.45) is 2.16. The summed E-state index contributed by atoms with van der Waals surface area (Å²) >= 11 is 0. The van der Waals surface area contributed by atoms with Crippen LogP contribution in [-0.2, 0) is 10.0 Å². The number of rotatable bonds is 4. The quantitative estimate of drug-likeness (QED) is 0.866. The number of aryl methyl sites for hydroxylation is 2. The number of hydrogen-bond acceptors (Lipinski definition) is 3. The van der Waals surface area contributed by atoms with Gasteiger partial charge in [-0.2, -0.15) is 0 Å². The van der Waals surface area contributed by atoms with E-state index in [0.717, 1.165) is 30.5 Å². The lowest BCUT2D eigenvalue weighted by atomic mass is 10.2. The van der Waals surface area contributed by atoms with Crippen molar-refractivity contribution in [1.29, 1.82) is 0 Å². The summed E-state index contributed by atoms with van der Waals surface area (Å²) in [4.78, 5) is 0.389. The first-order valence-corrected chi connectivity index (χ1v) is 7.78. The molecule has 1 heterocycles. The van der Waals surface area contributed by atoms with Crippen molar-refractivity contribution in [3.05, 3.63) is 29.3 Å². The summed E-state index contributed by atoms with van der Waals surface area (Å²) in [5.74, 6) is 0. The lowest BCUT2D eigenvalue weighted by molar-refractivity contribution is 0.551. The largest absolute Gasteiger partial charge is 0.313 e. The van der Waals surface area contributed by atoms with Gasteiger partial charge in [0.2, 0.25) is 10.0 Å². The van der Waals surface area contributed by atoms with Gasteiger partial charge in [0.05, 0.1) is 4.90 Å². The second-order valence-electron chi connectivity index (χ2n) is 4.91. The van der Waals surface area contributed by atoms with Crippen LogP contribution in [-0.4, -0.2) is 27.5 Å². The molecule has 2 rings (SSSR count). The molecule has 4 nitrogen and oxygen atoms in total. The zero-order valence-corrected chi connectivity index (χ0v) is 11.7. The SMILES string of the molecule is Cc1ccc(C)c(S(=O)(=O)NCC2CCCN2)c1. The van der Waals surface area contributed by atoms with Gasteiger partial charge in [0.25, 0.3) is 0 Å². The van der Waals surface area contributed by atoms with Crippen molar-refractivity contribution in [2.75, 3.05) is 13.1 Å². The zero-order valence-electron chi connectivity index (χ0n) is 10.9. The monoisotopic (exact) mass is 268 g/mol. The van der Waals surface area contributed by atoms with Crippen LogP contribution in [0.5, 0.6) is 0 Å². The maximum absolute atomic E-state index is 12.2. The van der Waals surface area contributed by atoms with E-state index in [1.54, 1.807) is 6.07 Å². The van der Waals surface area contributed by atoms with Crippen LogP contribution >= 0.6 is 0 Å². The highest BCUT2D eigenvalue weighted by atomic mass is 32.2. The maximum atomic E-state index is 12.2. The molecule has 2 N–H and O–H groups in total. The van der Waals surface area contributed by atoms with Crippen molar-refractivity contribution in [3.8, 4) is 0 Å². The third-order valence-corrected chi connectivity index (χ3v) is 4.88. The molecule has 1 aromatic rings. The highest BCUT2D eigenvalue weighted by Crippen LogP contribution is 2.16. The Morgan fingerprint density at radius 1 is 1.39 bits per heavy atom. The summed E-state index contributed by atoms with van der Waals surface area (Å²) in [5, 5.41) is 3.28. The Labute approximate surface area is 109 Å². The molecular formula is C13H20N2O2S. The van der Waals surface area contributed by atoms with Crippen LogP contribution in [0.2, 0.25) is 0 Å². The Kier molecular flexibility index (Phi) is 4.04. The second-order valence-corrected chi connectivity index (χ2v) is 6.65. The van der Waals surface area contributed by atoms with Crippen LogP contribution in [0.4, 0.5) is 0 Å². The number of hydrogen-bond donors (Lipinski definition) is 2. The molecule has 5 heteroatoms. The van der Waals surface area contributed by atoms with Gasteiger partial charge in [0, 0.05) is 12.6 Å². The van der Waals surface area contributed by atoms with E-state index in [0.29, 0.717) is 11.4 Å². The maximum Gasteiger partial charge on any atom is 0.240 e. The molecule has 1 aliphatic rings. The molecule has 1 aliphatic heterocycles. The van der Waals surface area contributed by atoms with Gasteiger partial charge < -0.3 is 5.32 Å². The Hall–Kier alpha value is -0.910. The molecule has 0 spiro atoms. The van der Waals surface area contributed by atoms with Crippen LogP contribution in [0, 0.1) is 13.8 Å². The summed E-state index contributed by atoms with van der Waals surface area (Å²) in [7, 11) is -3.39. The lowest BCUT2D eigenvalue weighted by Crippen LogP contribution is -2.37. The molecule has 1 saturated heterocycles. The van der Waals surface area contributed by atoms with E-state index < -0.39 is 10.0 Å². The van der Waals surface area contributed by atoms with Gasteiger partial charge in [0.15, 0.2) is 0 Å². The molecule has 0 radical (unpaired) electrons. The second kappa shape index (κ2) is 5.38. The first-order valence-electron chi connectivity index (χ1n) is 6.29. The highest BCUT2D eigenvalue weighted by molar-refractivity contribution is 7.89. The first kappa shape index (κ1) is 13.5. The van der Waals surface area contributed by atoms with E-state index in [1.165, 1.54) is 0 Å². The van der Waals surface area contributed by atoms with Gasteiger partial charge in [-0.3, -0.25) is 0 Å². The fourth-order valence-corrected chi connectivity index (χ4v) is 3.62. The van der Waals surface area contributed by atoms with E-state index in [1.807, 2.05) is 26.0 Å². The van der Waals surface area contributed by atoms with Crippen molar-refractivity contribution in [3.63, 3.8) is 0 Å². The Bertz CT molecular complexity index is 520. The van der Waals surface area contributed by atoms with Crippen LogP contribution in [0.1, 0.15) is 24.0 Å². The first-order chi connectivity index (χ1) is 8.49. The topological polar surface area (TPSA) is 58.2 Å². The van der Waals surface area contributed by atoms with Gasteiger partial charge >= 0.3 is 0 Å². The molecule has 1 atom stereocenters. The molecule has 0 aromatic heterocycles. The number of benzene rings is 1. The van der Waals surface area contributed by atoms with E-state index in [-0.39, 0.29) is 6.04 Å². The van der Waals surface area contributed by atoms with Crippen molar-refractivity contribution in [2.45, 2.75) is 37.6 Å². The molecule has 1 fully saturated rings. The predicted molar refractivity (Wildman–Crippen MR) is 72.1 cm³/mol. The smallest absolute Gasteiger partial charge is 0.240 e. The minimum atomic E-state index is -3.39. The van der Waals surface area contributed by atoms with Gasteiger partial charge in [0.1, 0.15) is 0 Å². The number of nitrogens with one attached hydrogen (secondary N) is 2. The van der Waals surface area contributed by atoms with Crippen molar-refractivity contribution in [2.24, 2.45) is 0 Å². The fourth-order valence-electron chi connectivity index (χ4n) is 2.22. The summed E-state index contributed by atoms with van der Waals surface area (Å²) in [6.45, 7) is 5.17. The minimum absolute atomic E-state index is 0.268. The molecule has 18 heavy (non-hydrogen) atoms. The third kappa shape index (κ3) is 3.10. The summed E-state index contributed by atoms with van der Waals surface area (Å²) in [5.41, 5.74) is 1.74. The molecule has 0 amide bonds. The van der Waals surface area contributed by atoms with Gasteiger partial charge in [-0.15, -0.1) is 0 Å². The third-order valence-electron chi connectivity index (χ3n) is 3.32. The van der Waals surface area contributed by atoms with Crippen LogP contribution in [0.25, 0.3) is 0 Å². The minimum Gasteiger partial charge on any atom is -0.313 e. The fraction of sp³-hybridized carbons (Fsp3) is 0.538. The average molecular weight is 268 g/mol. The van der Waals surface area contributed by atoms with E-state index in [2.05, 4.69) is 10.0 Å². The molecule has 1 aromatic carbocycles. The van der Waals surface area contributed by atoms with Gasteiger partial charge in [-0.1, -0.05) is 12.1 Å². The van der Waals surface area contributed by atoms with Crippen LogP contribution in [0.15, 0.2) is 23.1 Å². The standard InChI is InChI=1S/C13H20N2O2S/c1-10-5-6-11(2)13(8-10)18(16,17)15-9-12-4-3-7-14-12/h5-6,8,12,14-15H,3-4,7,9H2,1-2H3. The highest BCUT2D eigenvalue weighted by Gasteiger charge is 2.20. The Balaban J connectivity index is 2.12. The number of sulfonamides is 1. The Morgan fingerprint density at radius 2 is 2.17 bits per heavy atom. The molecule has 0 aliphatic carbocycles. The molecule has 0 bridgehead atoms. The molecular weight excluding hydrogens is 248 g/mol. The normalized spacial score (nSPS) is 20.2. The average Bonchev–Trinajstić information content (AvgIpc) is 2.83. The van der Waals surface area contributed by atoms with E-state index in [4.69, 9.17) is 0 Å². The van der Waals surface area contributed by atoms with Crippen molar-refractivity contribution < 1.29 is 8.42 Å². The van der Waals surface area contributed by atoms with Gasteiger partial charge in [-0.05, 0) is 50.4 Å². The summed E-state index contributed by atoms with van der Waals surface area (Å²) in [6, 6.07) is 5.76. The van der Waals surface area contributed by atoms with E-state index >= 15 is 0 Å². The van der Waals surface area contributed by atoms with Crippen LogP contribution < -0.4 is 10.0 Å². The molecule has 1 unspecified atom stereocenters. The van der Waals surface area contributed by atoms with E-state index in [9.17, 15) is 8.42 Å². The van der Waals surface area contributed by atoms with Crippen molar-refractivity contribution >= 4 is 10.0 Å². The van der Waals surface area contributed by atoms with Gasteiger partial charge in [-0.25, -0.2) is 13.1 Å². The summed E-state index contributed by atoms with van der Waals surface area (Å²) < 4.78 is 27.1. The predicted octanol–water partition coefficient (Wildman–Crippen LogP) is 1.33.